The second kappa shape index (κ2) is 3.96. The molecule has 3 rings (SSSR count). The Kier molecular flexibility index (Phi) is 2.46. The molecular weight excluding hydrogens is 204 g/mol. The molecule has 2 heterocycles. The molecule has 0 bridgehead atoms. The SMILES string of the molecule is CN1CCCNC1c1ccc2c(c1)OCO2. The van der Waals surface area contributed by atoms with Crippen LogP contribution in [0.5, 0.6) is 11.5 Å². The second-order valence-electron chi connectivity index (χ2n) is 4.30. The molecule has 16 heavy (non-hydrogen) atoms. The fourth-order valence-corrected chi connectivity index (χ4v) is 2.31. The van der Waals surface area contributed by atoms with Gasteiger partial charge in [-0.1, -0.05) is 6.07 Å². The third-order valence-corrected chi connectivity index (χ3v) is 3.18. The highest BCUT2D eigenvalue weighted by Crippen LogP contribution is 2.35. The van der Waals surface area contributed by atoms with Crippen LogP contribution in [0.4, 0.5) is 0 Å². The van der Waals surface area contributed by atoms with Crippen molar-refractivity contribution < 1.29 is 9.47 Å². The van der Waals surface area contributed by atoms with E-state index in [2.05, 4.69) is 29.4 Å². The second-order valence-corrected chi connectivity index (χ2v) is 4.30. The van der Waals surface area contributed by atoms with Gasteiger partial charge >= 0.3 is 0 Å². The van der Waals surface area contributed by atoms with Crippen LogP contribution in [-0.2, 0) is 0 Å². The Labute approximate surface area is 95.1 Å². The van der Waals surface area contributed by atoms with Crippen LogP contribution in [0.1, 0.15) is 18.2 Å². The Hall–Kier alpha value is -1.26. The van der Waals surface area contributed by atoms with Crippen LogP contribution in [0.3, 0.4) is 0 Å². The lowest BCUT2D eigenvalue weighted by atomic mass is 10.1. The van der Waals surface area contributed by atoms with Crippen LogP contribution in [-0.4, -0.2) is 31.8 Å². The molecule has 1 N–H and O–H groups in total. The van der Waals surface area contributed by atoms with E-state index in [1.807, 2.05) is 6.07 Å². The molecule has 0 radical (unpaired) electrons. The van der Waals surface area contributed by atoms with Gasteiger partial charge in [0, 0.05) is 6.54 Å². The Bertz CT molecular complexity index is 395. The van der Waals surface area contributed by atoms with Crippen molar-refractivity contribution >= 4 is 0 Å². The molecule has 2 aliphatic heterocycles. The minimum absolute atomic E-state index is 0.295. The molecule has 0 amide bonds. The van der Waals surface area contributed by atoms with E-state index < -0.39 is 0 Å². The fourth-order valence-electron chi connectivity index (χ4n) is 2.31. The van der Waals surface area contributed by atoms with Gasteiger partial charge in [0.2, 0.25) is 6.79 Å². The van der Waals surface area contributed by atoms with Gasteiger partial charge in [-0.25, -0.2) is 0 Å². The molecule has 1 atom stereocenters. The van der Waals surface area contributed by atoms with Gasteiger partial charge in [0.1, 0.15) is 0 Å². The zero-order valence-corrected chi connectivity index (χ0v) is 9.40. The molecule has 2 aliphatic rings. The van der Waals surface area contributed by atoms with Gasteiger partial charge in [-0.05, 0) is 37.7 Å². The highest BCUT2D eigenvalue weighted by molar-refractivity contribution is 5.45. The molecule has 4 nitrogen and oxygen atoms in total. The standard InChI is InChI=1S/C12H16N2O2/c1-14-6-2-5-13-12(14)9-3-4-10-11(7-9)16-8-15-10/h3-4,7,12-13H,2,5-6,8H2,1H3. The van der Waals surface area contributed by atoms with E-state index in [0.29, 0.717) is 13.0 Å². The molecule has 0 aliphatic carbocycles. The molecule has 1 aromatic rings. The Morgan fingerprint density at radius 3 is 3.06 bits per heavy atom. The van der Waals surface area contributed by atoms with Crippen LogP contribution in [0.15, 0.2) is 18.2 Å². The first-order chi connectivity index (χ1) is 7.84. The number of fused-ring (bicyclic) bond motifs is 1. The average Bonchev–Trinajstić information content (AvgIpc) is 2.76. The van der Waals surface area contributed by atoms with Crippen molar-refractivity contribution in [2.24, 2.45) is 0 Å². The minimum Gasteiger partial charge on any atom is -0.454 e. The molecule has 0 aromatic heterocycles. The van der Waals surface area contributed by atoms with Crippen molar-refractivity contribution in [2.75, 3.05) is 26.9 Å². The lowest BCUT2D eigenvalue weighted by Crippen LogP contribution is -2.42. The van der Waals surface area contributed by atoms with E-state index in [0.717, 1.165) is 24.6 Å². The summed E-state index contributed by atoms with van der Waals surface area (Å²) in [5.74, 6) is 1.71. The van der Waals surface area contributed by atoms with Crippen molar-refractivity contribution in [2.45, 2.75) is 12.6 Å². The first-order valence-corrected chi connectivity index (χ1v) is 5.68. The maximum atomic E-state index is 5.40. The lowest BCUT2D eigenvalue weighted by Gasteiger charge is -2.33. The molecule has 1 saturated heterocycles. The average molecular weight is 220 g/mol. The highest BCUT2D eigenvalue weighted by Gasteiger charge is 2.22. The van der Waals surface area contributed by atoms with Crippen LogP contribution in [0.2, 0.25) is 0 Å². The summed E-state index contributed by atoms with van der Waals surface area (Å²) in [4.78, 5) is 2.32. The summed E-state index contributed by atoms with van der Waals surface area (Å²) in [7, 11) is 2.14. The zero-order chi connectivity index (χ0) is 11.0. The Morgan fingerprint density at radius 1 is 1.31 bits per heavy atom. The number of nitrogens with zero attached hydrogens (tertiary/aromatic N) is 1. The van der Waals surface area contributed by atoms with Gasteiger partial charge in [0.15, 0.2) is 11.5 Å². The predicted molar refractivity (Wildman–Crippen MR) is 60.6 cm³/mol. The number of ether oxygens (including phenoxy) is 2. The topological polar surface area (TPSA) is 33.7 Å². The van der Waals surface area contributed by atoms with Gasteiger partial charge in [-0.15, -0.1) is 0 Å². The molecule has 4 heteroatoms. The van der Waals surface area contributed by atoms with Gasteiger partial charge in [-0.3, -0.25) is 10.2 Å². The fraction of sp³-hybridized carbons (Fsp3) is 0.500. The van der Waals surface area contributed by atoms with Crippen molar-refractivity contribution in [1.29, 1.82) is 0 Å². The summed E-state index contributed by atoms with van der Waals surface area (Å²) in [5, 5.41) is 3.51. The number of hydrogen-bond acceptors (Lipinski definition) is 4. The van der Waals surface area contributed by atoms with Crippen LogP contribution in [0.25, 0.3) is 0 Å². The Balaban J connectivity index is 1.88. The molecule has 1 fully saturated rings. The number of hydrogen-bond donors (Lipinski definition) is 1. The zero-order valence-electron chi connectivity index (χ0n) is 9.40. The van der Waals surface area contributed by atoms with E-state index in [1.54, 1.807) is 0 Å². The van der Waals surface area contributed by atoms with Gasteiger partial charge in [-0.2, -0.15) is 0 Å². The maximum absolute atomic E-state index is 5.40. The smallest absolute Gasteiger partial charge is 0.231 e. The molecule has 1 aromatic carbocycles. The summed E-state index contributed by atoms with van der Waals surface area (Å²) < 4.78 is 10.7. The van der Waals surface area contributed by atoms with E-state index in [9.17, 15) is 0 Å². The first-order valence-electron chi connectivity index (χ1n) is 5.68. The summed E-state index contributed by atoms with van der Waals surface area (Å²) >= 11 is 0. The van der Waals surface area contributed by atoms with E-state index in [-0.39, 0.29) is 0 Å². The maximum Gasteiger partial charge on any atom is 0.231 e. The molecule has 0 spiro atoms. The summed E-state index contributed by atoms with van der Waals surface area (Å²) in [6, 6.07) is 6.16. The third kappa shape index (κ3) is 1.64. The van der Waals surface area contributed by atoms with Gasteiger partial charge in [0.25, 0.3) is 0 Å². The molecular formula is C12H16N2O2. The quantitative estimate of drug-likeness (QED) is 0.774. The molecule has 0 saturated carbocycles. The molecule has 1 unspecified atom stereocenters. The van der Waals surface area contributed by atoms with E-state index in [1.165, 1.54) is 12.0 Å². The van der Waals surface area contributed by atoms with Crippen molar-refractivity contribution in [3.63, 3.8) is 0 Å². The van der Waals surface area contributed by atoms with E-state index in [4.69, 9.17) is 9.47 Å². The third-order valence-electron chi connectivity index (χ3n) is 3.18. The number of benzene rings is 1. The van der Waals surface area contributed by atoms with Crippen LogP contribution >= 0.6 is 0 Å². The predicted octanol–water partition coefficient (Wildman–Crippen LogP) is 1.34. The van der Waals surface area contributed by atoms with Gasteiger partial charge in [0.05, 0.1) is 6.17 Å². The summed E-state index contributed by atoms with van der Waals surface area (Å²) in [6.07, 6.45) is 1.50. The normalized spacial score (nSPS) is 24.7. The number of nitrogens with one attached hydrogen (secondary N) is 1. The monoisotopic (exact) mass is 220 g/mol. The van der Waals surface area contributed by atoms with E-state index >= 15 is 0 Å². The van der Waals surface area contributed by atoms with Crippen molar-refractivity contribution in [3.8, 4) is 11.5 Å². The number of rotatable bonds is 1. The first kappa shape index (κ1) is 9.93. The van der Waals surface area contributed by atoms with Crippen LogP contribution in [0, 0.1) is 0 Å². The van der Waals surface area contributed by atoms with Crippen LogP contribution < -0.4 is 14.8 Å². The molecule has 86 valence electrons. The van der Waals surface area contributed by atoms with Crippen molar-refractivity contribution in [3.05, 3.63) is 23.8 Å². The largest absolute Gasteiger partial charge is 0.454 e. The summed E-state index contributed by atoms with van der Waals surface area (Å²) in [5.41, 5.74) is 1.24. The summed E-state index contributed by atoms with van der Waals surface area (Å²) in [6.45, 7) is 2.54. The lowest BCUT2D eigenvalue weighted by molar-refractivity contribution is 0.166. The minimum atomic E-state index is 0.295. The van der Waals surface area contributed by atoms with Crippen molar-refractivity contribution in [1.82, 2.24) is 10.2 Å². The Morgan fingerprint density at radius 2 is 2.19 bits per heavy atom. The van der Waals surface area contributed by atoms with Gasteiger partial charge < -0.3 is 9.47 Å². The highest BCUT2D eigenvalue weighted by atomic mass is 16.7.